The van der Waals surface area contributed by atoms with Crippen molar-refractivity contribution in [3.8, 4) is 5.75 Å². The lowest BCUT2D eigenvalue weighted by Gasteiger charge is -2.13. The van der Waals surface area contributed by atoms with Crippen LogP contribution in [0.5, 0.6) is 5.75 Å². The number of ether oxygens (including phenoxy) is 1. The summed E-state index contributed by atoms with van der Waals surface area (Å²) in [4.78, 5) is 1.19. The standard InChI is InChI=1S/C14H14F3NOS/c1-10(13-6-3-7-20-13)18-9-11-4-2-5-12(8-11)19-14(15,16)17/h2-8,10,18H,9H2,1H3/t10-/m0/s1. The molecule has 0 aliphatic heterocycles. The summed E-state index contributed by atoms with van der Waals surface area (Å²) in [7, 11) is 0. The highest BCUT2D eigenvalue weighted by Gasteiger charge is 2.31. The number of alkyl halides is 3. The molecule has 0 saturated carbocycles. The van der Waals surface area contributed by atoms with Crippen LogP contribution in [0.4, 0.5) is 13.2 Å². The molecule has 6 heteroatoms. The molecule has 0 bridgehead atoms. The smallest absolute Gasteiger partial charge is 0.406 e. The maximum absolute atomic E-state index is 12.1. The van der Waals surface area contributed by atoms with Crippen LogP contribution < -0.4 is 10.1 Å². The van der Waals surface area contributed by atoms with Crippen molar-refractivity contribution < 1.29 is 17.9 Å². The van der Waals surface area contributed by atoms with Crippen LogP contribution in [0, 0.1) is 0 Å². The second-order valence-corrected chi connectivity index (χ2v) is 5.29. The number of hydrogen-bond donors (Lipinski definition) is 1. The van der Waals surface area contributed by atoms with E-state index in [1.807, 2.05) is 24.4 Å². The van der Waals surface area contributed by atoms with Crippen molar-refractivity contribution >= 4 is 11.3 Å². The molecule has 2 nitrogen and oxygen atoms in total. The predicted octanol–water partition coefficient (Wildman–Crippen LogP) is 4.50. The van der Waals surface area contributed by atoms with Crippen molar-refractivity contribution in [2.24, 2.45) is 0 Å². The molecule has 0 spiro atoms. The van der Waals surface area contributed by atoms with E-state index in [9.17, 15) is 13.2 Å². The van der Waals surface area contributed by atoms with Gasteiger partial charge in [-0.15, -0.1) is 24.5 Å². The average Bonchev–Trinajstić information content (AvgIpc) is 2.88. The lowest BCUT2D eigenvalue weighted by molar-refractivity contribution is -0.274. The minimum atomic E-state index is -4.66. The summed E-state index contributed by atoms with van der Waals surface area (Å²) in [6.45, 7) is 2.50. The van der Waals surface area contributed by atoms with Gasteiger partial charge in [0.2, 0.25) is 0 Å². The number of rotatable bonds is 5. The van der Waals surface area contributed by atoms with Gasteiger partial charge in [0, 0.05) is 17.5 Å². The van der Waals surface area contributed by atoms with Gasteiger partial charge in [-0.3, -0.25) is 0 Å². The van der Waals surface area contributed by atoms with Crippen molar-refractivity contribution in [3.05, 3.63) is 52.2 Å². The molecule has 1 atom stereocenters. The van der Waals surface area contributed by atoms with Crippen LogP contribution in [-0.2, 0) is 6.54 Å². The molecule has 0 aliphatic carbocycles. The first-order chi connectivity index (χ1) is 9.44. The molecule has 1 N–H and O–H groups in total. The number of halogens is 3. The largest absolute Gasteiger partial charge is 0.573 e. The molecule has 0 aliphatic rings. The minimum Gasteiger partial charge on any atom is -0.406 e. The first-order valence-electron chi connectivity index (χ1n) is 6.05. The van der Waals surface area contributed by atoms with Gasteiger partial charge in [-0.2, -0.15) is 0 Å². The summed E-state index contributed by atoms with van der Waals surface area (Å²) < 4.78 is 40.3. The maximum atomic E-state index is 12.1. The van der Waals surface area contributed by atoms with Gasteiger partial charge in [-0.25, -0.2) is 0 Å². The SMILES string of the molecule is C[C@H](NCc1cccc(OC(F)(F)F)c1)c1cccs1. The van der Waals surface area contributed by atoms with Gasteiger partial charge in [0.1, 0.15) is 5.75 Å². The molecule has 2 aromatic rings. The monoisotopic (exact) mass is 301 g/mol. The second kappa shape index (κ2) is 6.28. The van der Waals surface area contributed by atoms with Crippen molar-refractivity contribution in [2.75, 3.05) is 0 Å². The zero-order valence-electron chi connectivity index (χ0n) is 10.8. The van der Waals surface area contributed by atoms with Crippen LogP contribution in [0.3, 0.4) is 0 Å². The van der Waals surface area contributed by atoms with Gasteiger partial charge in [0.15, 0.2) is 0 Å². The van der Waals surface area contributed by atoms with E-state index in [0.29, 0.717) is 6.54 Å². The zero-order valence-corrected chi connectivity index (χ0v) is 11.6. The van der Waals surface area contributed by atoms with E-state index in [-0.39, 0.29) is 11.8 Å². The molecule has 1 aromatic carbocycles. The van der Waals surface area contributed by atoms with Crippen LogP contribution in [0.15, 0.2) is 41.8 Å². The highest BCUT2D eigenvalue weighted by molar-refractivity contribution is 7.10. The van der Waals surface area contributed by atoms with Crippen molar-refractivity contribution in [3.63, 3.8) is 0 Å². The molecular weight excluding hydrogens is 287 g/mol. The highest BCUT2D eigenvalue weighted by Crippen LogP contribution is 2.24. The molecular formula is C14H14F3NOS. The fraction of sp³-hybridized carbons (Fsp3) is 0.286. The molecule has 0 saturated heterocycles. The Hall–Kier alpha value is -1.53. The summed E-state index contributed by atoms with van der Waals surface area (Å²) in [5, 5.41) is 5.26. The van der Waals surface area contributed by atoms with Gasteiger partial charge in [0.25, 0.3) is 0 Å². The van der Waals surface area contributed by atoms with Gasteiger partial charge >= 0.3 is 6.36 Å². The molecule has 0 fully saturated rings. The molecule has 1 aromatic heterocycles. The lowest BCUT2D eigenvalue weighted by atomic mass is 10.2. The quantitative estimate of drug-likeness (QED) is 0.878. The Bertz CT molecular complexity index is 540. The number of benzene rings is 1. The average molecular weight is 301 g/mol. The third-order valence-electron chi connectivity index (χ3n) is 2.71. The zero-order chi connectivity index (χ0) is 14.6. The molecule has 1 heterocycles. The Labute approximate surface area is 119 Å². The summed E-state index contributed by atoms with van der Waals surface area (Å²) in [5.41, 5.74) is 0.746. The van der Waals surface area contributed by atoms with Gasteiger partial charge in [-0.1, -0.05) is 18.2 Å². The Balaban J connectivity index is 1.94. The third kappa shape index (κ3) is 4.54. The molecule has 2 rings (SSSR count). The Kier molecular flexibility index (Phi) is 4.67. The van der Waals surface area contributed by atoms with Crippen LogP contribution in [-0.4, -0.2) is 6.36 Å². The van der Waals surface area contributed by atoms with Crippen LogP contribution in [0.1, 0.15) is 23.4 Å². The van der Waals surface area contributed by atoms with E-state index in [0.717, 1.165) is 5.56 Å². The Morgan fingerprint density at radius 3 is 2.70 bits per heavy atom. The predicted molar refractivity (Wildman–Crippen MR) is 72.7 cm³/mol. The molecule has 0 radical (unpaired) electrons. The third-order valence-corrected chi connectivity index (χ3v) is 3.77. The van der Waals surface area contributed by atoms with E-state index >= 15 is 0 Å². The molecule has 0 amide bonds. The summed E-state index contributed by atoms with van der Waals surface area (Å²) >= 11 is 1.64. The number of hydrogen-bond acceptors (Lipinski definition) is 3. The molecule has 108 valence electrons. The first-order valence-corrected chi connectivity index (χ1v) is 6.93. The fourth-order valence-corrected chi connectivity index (χ4v) is 2.52. The van der Waals surface area contributed by atoms with Gasteiger partial charge in [0.05, 0.1) is 0 Å². The number of thiophene rings is 1. The van der Waals surface area contributed by atoms with E-state index in [2.05, 4.69) is 10.1 Å². The summed E-state index contributed by atoms with van der Waals surface area (Å²) in [6.07, 6.45) is -4.66. The van der Waals surface area contributed by atoms with Crippen LogP contribution in [0.25, 0.3) is 0 Å². The van der Waals surface area contributed by atoms with Crippen molar-refractivity contribution in [2.45, 2.75) is 25.9 Å². The first kappa shape index (κ1) is 14.9. The fourth-order valence-electron chi connectivity index (χ4n) is 1.76. The van der Waals surface area contributed by atoms with E-state index in [1.54, 1.807) is 23.5 Å². The van der Waals surface area contributed by atoms with Gasteiger partial charge < -0.3 is 10.1 Å². The van der Waals surface area contributed by atoms with E-state index in [1.165, 1.54) is 17.0 Å². The topological polar surface area (TPSA) is 21.3 Å². The van der Waals surface area contributed by atoms with Crippen molar-refractivity contribution in [1.82, 2.24) is 5.32 Å². The number of nitrogens with one attached hydrogen (secondary N) is 1. The normalized spacial score (nSPS) is 13.2. The van der Waals surface area contributed by atoms with Crippen LogP contribution >= 0.6 is 11.3 Å². The second-order valence-electron chi connectivity index (χ2n) is 4.31. The molecule has 20 heavy (non-hydrogen) atoms. The minimum absolute atomic E-state index is 0.155. The Morgan fingerprint density at radius 1 is 1.25 bits per heavy atom. The van der Waals surface area contributed by atoms with Crippen molar-refractivity contribution in [1.29, 1.82) is 0 Å². The molecule has 0 unspecified atom stereocenters. The lowest BCUT2D eigenvalue weighted by Crippen LogP contribution is -2.18. The summed E-state index contributed by atoms with van der Waals surface area (Å²) in [6, 6.07) is 10.1. The summed E-state index contributed by atoms with van der Waals surface area (Å²) in [5.74, 6) is -0.194. The van der Waals surface area contributed by atoms with E-state index < -0.39 is 6.36 Å². The Morgan fingerprint density at radius 2 is 2.05 bits per heavy atom. The van der Waals surface area contributed by atoms with Gasteiger partial charge in [-0.05, 0) is 36.1 Å². The maximum Gasteiger partial charge on any atom is 0.573 e. The van der Waals surface area contributed by atoms with E-state index in [4.69, 9.17) is 0 Å². The van der Waals surface area contributed by atoms with Crippen LogP contribution in [0.2, 0.25) is 0 Å². The highest BCUT2D eigenvalue weighted by atomic mass is 32.1.